The summed E-state index contributed by atoms with van der Waals surface area (Å²) in [7, 11) is 0. The van der Waals surface area contributed by atoms with E-state index in [9.17, 15) is 9.90 Å². The highest BCUT2D eigenvalue weighted by Crippen LogP contribution is 2.30. The van der Waals surface area contributed by atoms with Gasteiger partial charge in [-0.1, -0.05) is 46.0 Å². The molecule has 2 unspecified atom stereocenters. The van der Waals surface area contributed by atoms with E-state index in [0.29, 0.717) is 24.4 Å². The van der Waals surface area contributed by atoms with Crippen LogP contribution in [-0.4, -0.2) is 29.3 Å². The lowest BCUT2D eigenvalue weighted by atomic mass is 9.78. The first-order chi connectivity index (χ1) is 10.0. The first-order valence-electron chi connectivity index (χ1n) is 8.77. The molecule has 21 heavy (non-hydrogen) atoms. The Kier molecular flexibility index (Phi) is 5.91. The maximum Gasteiger partial charge on any atom is 0.315 e. The van der Waals surface area contributed by atoms with Crippen LogP contribution in [0.1, 0.15) is 71.6 Å². The third kappa shape index (κ3) is 4.87. The van der Waals surface area contributed by atoms with Crippen molar-refractivity contribution in [1.29, 1.82) is 0 Å². The van der Waals surface area contributed by atoms with Crippen LogP contribution >= 0.6 is 0 Å². The van der Waals surface area contributed by atoms with E-state index in [-0.39, 0.29) is 6.03 Å². The summed E-state index contributed by atoms with van der Waals surface area (Å²) in [6.07, 6.45) is 9.74. The van der Waals surface area contributed by atoms with Crippen molar-refractivity contribution in [2.45, 2.75) is 83.3 Å². The molecule has 0 saturated heterocycles. The van der Waals surface area contributed by atoms with E-state index in [1.165, 1.54) is 25.7 Å². The maximum atomic E-state index is 12.1. The van der Waals surface area contributed by atoms with E-state index in [1.54, 1.807) is 0 Å². The van der Waals surface area contributed by atoms with Gasteiger partial charge in [0.2, 0.25) is 0 Å². The molecule has 0 bridgehead atoms. The molecular formula is C17H32N2O2. The van der Waals surface area contributed by atoms with Gasteiger partial charge in [-0.05, 0) is 37.5 Å². The zero-order valence-electron chi connectivity index (χ0n) is 13.7. The van der Waals surface area contributed by atoms with Gasteiger partial charge in [0, 0.05) is 12.6 Å². The zero-order valence-corrected chi connectivity index (χ0v) is 13.7. The van der Waals surface area contributed by atoms with E-state index in [1.807, 2.05) is 0 Å². The molecule has 2 atom stereocenters. The molecule has 4 nitrogen and oxygen atoms in total. The fourth-order valence-corrected chi connectivity index (χ4v) is 3.99. The second-order valence-corrected chi connectivity index (χ2v) is 7.41. The number of amides is 2. The lowest BCUT2D eigenvalue weighted by Crippen LogP contribution is -2.52. The molecule has 0 radical (unpaired) electrons. The molecular weight excluding hydrogens is 264 g/mol. The van der Waals surface area contributed by atoms with Crippen molar-refractivity contribution in [3.05, 3.63) is 0 Å². The molecule has 3 N–H and O–H groups in total. The molecule has 2 saturated carbocycles. The van der Waals surface area contributed by atoms with E-state index in [2.05, 4.69) is 24.5 Å². The number of carbonyl (C=O) groups is 1. The summed E-state index contributed by atoms with van der Waals surface area (Å²) in [4.78, 5) is 12.1. The second-order valence-electron chi connectivity index (χ2n) is 7.41. The fraction of sp³-hybridized carbons (Fsp3) is 0.941. The predicted octanol–water partition coefficient (Wildman–Crippen LogP) is 3.20. The Morgan fingerprint density at radius 3 is 2.48 bits per heavy atom. The van der Waals surface area contributed by atoms with Gasteiger partial charge in [0.1, 0.15) is 0 Å². The average molecular weight is 296 g/mol. The lowest BCUT2D eigenvalue weighted by Gasteiger charge is -2.36. The molecule has 0 aromatic rings. The summed E-state index contributed by atoms with van der Waals surface area (Å²) < 4.78 is 0. The predicted molar refractivity (Wildman–Crippen MR) is 85.2 cm³/mol. The molecule has 2 aliphatic rings. The van der Waals surface area contributed by atoms with Gasteiger partial charge < -0.3 is 15.7 Å². The molecule has 2 fully saturated rings. The minimum atomic E-state index is -0.681. The highest BCUT2D eigenvalue weighted by molar-refractivity contribution is 5.74. The SMILES string of the molecule is CC(C)C1CCCCC1NC(=O)NCC1(O)CCCCC1. The topological polar surface area (TPSA) is 61.4 Å². The van der Waals surface area contributed by atoms with Crippen LogP contribution in [0.25, 0.3) is 0 Å². The number of rotatable bonds is 4. The number of carbonyl (C=O) groups excluding carboxylic acids is 1. The first-order valence-corrected chi connectivity index (χ1v) is 8.77. The van der Waals surface area contributed by atoms with Gasteiger partial charge in [-0.15, -0.1) is 0 Å². The van der Waals surface area contributed by atoms with Gasteiger partial charge in [0.15, 0.2) is 0 Å². The highest BCUT2D eigenvalue weighted by Gasteiger charge is 2.31. The minimum absolute atomic E-state index is 0.105. The van der Waals surface area contributed by atoms with Crippen LogP contribution in [0.2, 0.25) is 0 Å². The van der Waals surface area contributed by atoms with Gasteiger partial charge in [-0.2, -0.15) is 0 Å². The van der Waals surface area contributed by atoms with Crippen molar-refractivity contribution in [1.82, 2.24) is 10.6 Å². The molecule has 0 heterocycles. The molecule has 2 aliphatic carbocycles. The molecule has 0 aromatic carbocycles. The van der Waals surface area contributed by atoms with Crippen molar-refractivity contribution in [3.63, 3.8) is 0 Å². The second kappa shape index (κ2) is 7.48. The number of aliphatic hydroxyl groups is 1. The normalized spacial score (nSPS) is 29.1. The van der Waals surface area contributed by atoms with Crippen LogP contribution in [0.15, 0.2) is 0 Å². The Balaban J connectivity index is 1.77. The number of nitrogens with one attached hydrogen (secondary N) is 2. The van der Waals surface area contributed by atoms with Crippen LogP contribution in [0.5, 0.6) is 0 Å². The lowest BCUT2D eigenvalue weighted by molar-refractivity contribution is 0.00699. The van der Waals surface area contributed by atoms with E-state index in [4.69, 9.17) is 0 Å². The van der Waals surface area contributed by atoms with Gasteiger partial charge in [-0.3, -0.25) is 0 Å². The van der Waals surface area contributed by atoms with Crippen LogP contribution in [0, 0.1) is 11.8 Å². The standard InChI is InChI=1S/C17H32N2O2/c1-13(2)14-8-4-5-9-15(14)19-16(20)18-12-17(21)10-6-3-7-11-17/h13-15,21H,3-12H2,1-2H3,(H2,18,19,20). The molecule has 122 valence electrons. The molecule has 2 amide bonds. The molecule has 4 heteroatoms. The van der Waals surface area contributed by atoms with Gasteiger partial charge >= 0.3 is 6.03 Å². The Morgan fingerprint density at radius 2 is 1.81 bits per heavy atom. The molecule has 2 rings (SSSR count). The van der Waals surface area contributed by atoms with Crippen LogP contribution in [0.4, 0.5) is 4.79 Å². The van der Waals surface area contributed by atoms with Crippen molar-refractivity contribution < 1.29 is 9.90 Å². The Hall–Kier alpha value is -0.770. The molecule has 0 aromatic heterocycles. The summed E-state index contributed by atoms with van der Waals surface area (Å²) in [6.45, 7) is 4.87. The number of hydrogen-bond acceptors (Lipinski definition) is 2. The third-order valence-electron chi connectivity index (χ3n) is 5.35. The highest BCUT2D eigenvalue weighted by atomic mass is 16.3. The summed E-state index contributed by atoms with van der Waals surface area (Å²) >= 11 is 0. The van der Waals surface area contributed by atoms with Gasteiger partial charge in [0.25, 0.3) is 0 Å². The average Bonchev–Trinajstić information content (AvgIpc) is 2.46. The summed E-state index contributed by atoms with van der Waals surface area (Å²) in [5.41, 5.74) is -0.681. The number of urea groups is 1. The van der Waals surface area contributed by atoms with Crippen molar-refractivity contribution in [3.8, 4) is 0 Å². The summed E-state index contributed by atoms with van der Waals surface area (Å²) in [6, 6.07) is 0.186. The maximum absolute atomic E-state index is 12.1. The third-order valence-corrected chi connectivity index (χ3v) is 5.35. The zero-order chi connectivity index (χ0) is 15.3. The van der Waals surface area contributed by atoms with E-state index < -0.39 is 5.60 Å². The fourth-order valence-electron chi connectivity index (χ4n) is 3.99. The Morgan fingerprint density at radius 1 is 1.14 bits per heavy atom. The quantitative estimate of drug-likeness (QED) is 0.746. The van der Waals surface area contributed by atoms with E-state index in [0.717, 1.165) is 32.1 Å². The molecule has 0 aliphatic heterocycles. The van der Waals surface area contributed by atoms with Crippen molar-refractivity contribution in [2.24, 2.45) is 11.8 Å². The van der Waals surface area contributed by atoms with Crippen molar-refractivity contribution in [2.75, 3.05) is 6.54 Å². The monoisotopic (exact) mass is 296 g/mol. The van der Waals surface area contributed by atoms with Gasteiger partial charge in [0.05, 0.1) is 5.60 Å². The van der Waals surface area contributed by atoms with Gasteiger partial charge in [-0.25, -0.2) is 4.79 Å². The van der Waals surface area contributed by atoms with E-state index >= 15 is 0 Å². The smallest absolute Gasteiger partial charge is 0.315 e. The summed E-state index contributed by atoms with van der Waals surface area (Å²) in [5, 5.41) is 16.5. The van der Waals surface area contributed by atoms with Crippen LogP contribution in [0.3, 0.4) is 0 Å². The summed E-state index contributed by atoms with van der Waals surface area (Å²) in [5.74, 6) is 1.19. The Labute approximate surface area is 129 Å². The first kappa shape index (κ1) is 16.6. The Bertz CT molecular complexity index is 338. The van der Waals surface area contributed by atoms with Crippen LogP contribution < -0.4 is 10.6 Å². The number of hydrogen-bond donors (Lipinski definition) is 3. The van der Waals surface area contributed by atoms with Crippen LogP contribution in [-0.2, 0) is 0 Å². The molecule has 0 spiro atoms. The largest absolute Gasteiger partial charge is 0.388 e. The minimum Gasteiger partial charge on any atom is -0.388 e. The van der Waals surface area contributed by atoms with Crippen molar-refractivity contribution >= 4 is 6.03 Å².